The van der Waals surface area contributed by atoms with Crippen LogP contribution in [0.25, 0.3) is 6.08 Å². The van der Waals surface area contributed by atoms with Crippen molar-refractivity contribution in [3.63, 3.8) is 0 Å². The molecule has 0 unspecified atom stereocenters. The summed E-state index contributed by atoms with van der Waals surface area (Å²) in [4.78, 5) is 0. The van der Waals surface area contributed by atoms with Gasteiger partial charge in [0, 0.05) is 6.54 Å². The maximum Gasteiger partial charge on any atom is 0.115 e. The molecule has 1 aromatic rings. The van der Waals surface area contributed by atoms with Crippen molar-refractivity contribution in [2.45, 2.75) is 12.8 Å². The van der Waals surface area contributed by atoms with Gasteiger partial charge in [-0.2, -0.15) is 0 Å². The van der Waals surface area contributed by atoms with Crippen LogP contribution in [0.3, 0.4) is 0 Å². The van der Waals surface area contributed by atoms with Gasteiger partial charge in [-0.05, 0) is 36.5 Å². The third kappa shape index (κ3) is 2.15. The fraction of sp³-hybridized carbons (Fsp3) is 0.333. The zero-order valence-electron chi connectivity index (χ0n) is 8.11. The van der Waals surface area contributed by atoms with Crippen LogP contribution in [0.1, 0.15) is 18.4 Å². The molecule has 1 aromatic carbocycles. The first-order chi connectivity index (χ1) is 6.79. The number of nitrogens with two attached hydrogens (primary N) is 1. The van der Waals surface area contributed by atoms with E-state index in [0.717, 1.165) is 5.56 Å². The van der Waals surface area contributed by atoms with Gasteiger partial charge in [-0.1, -0.05) is 23.8 Å². The highest BCUT2D eigenvalue weighted by Gasteiger charge is 2.24. The Morgan fingerprint density at radius 2 is 2.00 bits per heavy atom. The van der Waals surface area contributed by atoms with E-state index in [1.54, 1.807) is 12.1 Å². The van der Waals surface area contributed by atoms with Crippen molar-refractivity contribution in [2.75, 3.05) is 6.54 Å². The Bertz CT molecular complexity index is 336. The van der Waals surface area contributed by atoms with Crippen molar-refractivity contribution in [2.24, 2.45) is 11.7 Å². The molecular weight excluding hydrogens is 174 g/mol. The average Bonchev–Trinajstić information content (AvgIpc) is 3.01. The zero-order chi connectivity index (χ0) is 9.97. The third-order valence-electron chi connectivity index (χ3n) is 2.58. The highest BCUT2D eigenvalue weighted by atomic mass is 16.3. The first-order valence-corrected chi connectivity index (χ1v) is 4.99. The molecular formula is C12H15NO. The van der Waals surface area contributed by atoms with Crippen molar-refractivity contribution in [1.29, 1.82) is 0 Å². The molecule has 0 bridgehead atoms. The first kappa shape index (κ1) is 9.28. The Balaban J connectivity index is 2.17. The van der Waals surface area contributed by atoms with Crippen LogP contribution in [0.4, 0.5) is 0 Å². The monoisotopic (exact) mass is 189 g/mol. The van der Waals surface area contributed by atoms with Gasteiger partial charge in [0.25, 0.3) is 0 Å². The Hall–Kier alpha value is -1.28. The molecule has 1 aliphatic carbocycles. The Morgan fingerprint density at radius 3 is 2.50 bits per heavy atom. The molecule has 1 fully saturated rings. The van der Waals surface area contributed by atoms with E-state index in [0.29, 0.717) is 18.2 Å². The van der Waals surface area contributed by atoms with Gasteiger partial charge in [-0.15, -0.1) is 0 Å². The minimum atomic E-state index is 0.308. The van der Waals surface area contributed by atoms with E-state index in [-0.39, 0.29) is 0 Å². The Kier molecular flexibility index (Phi) is 2.55. The fourth-order valence-electron chi connectivity index (χ4n) is 1.58. The second-order valence-electron chi connectivity index (χ2n) is 3.79. The molecule has 2 heteroatoms. The van der Waals surface area contributed by atoms with E-state index in [2.05, 4.69) is 6.08 Å². The van der Waals surface area contributed by atoms with Crippen molar-refractivity contribution >= 4 is 6.08 Å². The van der Waals surface area contributed by atoms with Gasteiger partial charge in [0.1, 0.15) is 5.75 Å². The minimum Gasteiger partial charge on any atom is -0.508 e. The van der Waals surface area contributed by atoms with Crippen LogP contribution in [0.2, 0.25) is 0 Å². The molecule has 0 aliphatic heterocycles. The summed E-state index contributed by atoms with van der Waals surface area (Å²) in [6.45, 7) is 0.644. The van der Waals surface area contributed by atoms with Crippen molar-refractivity contribution < 1.29 is 5.11 Å². The summed E-state index contributed by atoms with van der Waals surface area (Å²) in [5.41, 5.74) is 8.12. The number of hydrogen-bond acceptors (Lipinski definition) is 2. The van der Waals surface area contributed by atoms with Gasteiger partial charge in [0.2, 0.25) is 0 Å². The normalized spacial score (nSPS) is 17.1. The Labute approximate surface area is 84.1 Å². The number of benzene rings is 1. The summed E-state index contributed by atoms with van der Waals surface area (Å²) in [5.74, 6) is 1.02. The van der Waals surface area contributed by atoms with Gasteiger partial charge >= 0.3 is 0 Å². The second kappa shape index (κ2) is 3.84. The number of rotatable bonds is 3. The van der Waals surface area contributed by atoms with Crippen LogP contribution in [-0.4, -0.2) is 11.7 Å². The van der Waals surface area contributed by atoms with E-state index in [1.807, 2.05) is 12.1 Å². The molecule has 0 amide bonds. The number of aromatic hydroxyl groups is 1. The standard InChI is InChI=1S/C12H15NO/c13-8-11(10-3-4-10)7-9-1-5-12(14)6-2-9/h1-2,5-7,10,14H,3-4,8,13H2/b11-7+. The van der Waals surface area contributed by atoms with E-state index in [1.165, 1.54) is 18.4 Å². The fourth-order valence-corrected chi connectivity index (χ4v) is 1.58. The Morgan fingerprint density at radius 1 is 1.36 bits per heavy atom. The van der Waals surface area contributed by atoms with Gasteiger partial charge in [0.05, 0.1) is 0 Å². The van der Waals surface area contributed by atoms with Gasteiger partial charge in [0.15, 0.2) is 0 Å². The molecule has 0 radical (unpaired) electrons. The van der Waals surface area contributed by atoms with Gasteiger partial charge < -0.3 is 10.8 Å². The maximum atomic E-state index is 9.12. The number of phenolic OH excluding ortho intramolecular Hbond substituents is 1. The maximum absolute atomic E-state index is 9.12. The smallest absolute Gasteiger partial charge is 0.115 e. The lowest BCUT2D eigenvalue weighted by Crippen LogP contribution is -2.04. The van der Waals surface area contributed by atoms with E-state index >= 15 is 0 Å². The minimum absolute atomic E-state index is 0.308. The molecule has 0 heterocycles. The SMILES string of the molecule is NC/C(=C\c1ccc(O)cc1)C1CC1. The summed E-state index contributed by atoms with van der Waals surface area (Å²) < 4.78 is 0. The quantitative estimate of drug-likeness (QED) is 0.765. The lowest BCUT2D eigenvalue weighted by molar-refractivity contribution is 0.475. The van der Waals surface area contributed by atoms with Crippen LogP contribution in [0.5, 0.6) is 5.75 Å². The lowest BCUT2D eigenvalue weighted by atomic mass is 10.1. The van der Waals surface area contributed by atoms with Crippen LogP contribution in [0.15, 0.2) is 29.8 Å². The average molecular weight is 189 g/mol. The summed E-state index contributed by atoms with van der Waals surface area (Å²) in [7, 11) is 0. The summed E-state index contributed by atoms with van der Waals surface area (Å²) >= 11 is 0. The molecule has 0 aromatic heterocycles. The summed E-state index contributed by atoms with van der Waals surface area (Å²) in [6, 6.07) is 7.22. The third-order valence-corrected chi connectivity index (χ3v) is 2.58. The molecule has 2 nitrogen and oxygen atoms in total. The summed E-state index contributed by atoms with van der Waals surface area (Å²) in [5, 5.41) is 9.12. The highest BCUT2D eigenvalue weighted by Crippen LogP contribution is 2.36. The molecule has 0 atom stereocenters. The van der Waals surface area contributed by atoms with Crippen LogP contribution >= 0.6 is 0 Å². The van der Waals surface area contributed by atoms with Gasteiger partial charge in [-0.3, -0.25) is 0 Å². The van der Waals surface area contributed by atoms with Crippen molar-refractivity contribution in [3.05, 3.63) is 35.4 Å². The molecule has 2 rings (SSSR count). The molecule has 74 valence electrons. The van der Waals surface area contributed by atoms with E-state index < -0.39 is 0 Å². The lowest BCUT2D eigenvalue weighted by Gasteiger charge is -2.02. The number of phenols is 1. The van der Waals surface area contributed by atoms with Crippen LogP contribution in [-0.2, 0) is 0 Å². The van der Waals surface area contributed by atoms with Crippen LogP contribution < -0.4 is 5.73 Å². The highest BCUT2D eigenvalue weighted by molar-refractivity contribution is 5.55. The summed E-state index contributed by atoms with van der Waals surface area (Å²) in [6.07, 6.45) is 4.69. The molecule has 1 aliphatic rings. The molecule has 0 saturated heterocycles. The number of hydrogen-bond donors (Lipinski definition) is 2. The second-order valence-corrected chi connectivity index (χ2v) is 3.79. The molecule has 3 N–H and O–H groups in total. The van der Waals surface area contributed by atoms with Gasteiger partial charge in [-0.25, -0.2) is 0 Å². The first-order valence-electron chi connectivity index (χ1n) is 4.99. The topological polar surface area (TPSA) is 46.2 Å². The van der Waals surface area contributed by atoms with Crippen LogP contribution in [0, 0.1) is 5.92 Å². The molecule has 0 spiro atoms. The predicted octanol–water partition coefficient (Wildman–Crippen LogP) is 2.14. The van der Waals surface area contributed by atoms with E-state index in [9.17, 15) is 0 Å². The van der Waals surface area contributed by atoms with Crippen molar-refractivity contribution in [1.82, 2.24) is 0 Å². The largest absolute Gasteiger partial charge is 0.508 e. The zero-order valence-corrected chi connectivity index (χ0v) is 8.11. The van der Waals surface area contributed by atoms with E-state index in [4.69, 9.17) is 10.8 Å². The van der Waals surface area contributed by atoms with Crippen molar-refractivity contribution in [3.8, 4) is 5.75 Å². The molecule has 1 saturated carbocycles. The molecule has 14 heavy (non-hydrogen) atoms. The predicted molar refractivity (Wildman–Crippen MR) is 57.9 cm³/mol.